The number of fused-ring (bicyclic) bond motifs is 1. The highest BCUT2D eigenvalue weighted by atomic mass is 32.1. The lowest BCUT2D eigenvalue weighted by atomic mass is 9.95. The lowest BCUT2D eigenvalue weighted by molar-refractivity contribution is 0.102. The van der Waals surface area contributed by atoms with E-state index in [4.69, 9.17) is 9.73 Å². The maximum absolute atomic E-state index is 13.3. The van der Waals surface area contributed by atoms with E-state index in [0.29, 0.717) is 23.5 Å². The van der Waals surface area contributed by atoms with Crippen LogP contribution in [-0.2, 0) is 19.4 Å². The van der Waals surface area contributed by atoms with Gasteiger partial charge in [0.05, 0.1) is 17.2 Å². The maximum atomic E-state index is 13.3. The highest BCUT2D eigenvalue weighted by Gasteiger charge is 2.25. The number of nitrogens with one attached hydrogen (secondary N) is 1. The topological polar surface area (TPSA) is 74.5 Å². The number of amides is 1. The van der Waals surface area contributed by atoms with Crippen LogP contribution in [0.25, 0.3) is 0 Å². The molecule has 6 heteroatoms. The van der Waals surface area contributed by atoms with Crippen LogP contribution >= 0.6 is 11.3 Å². The van der Waals surface area contributed by atoms with Crippen molar-refractivity contribution in [1.82, 2.24) is 0 Å². The van der Waals surface area contributed by atoms with Crippen molar-refractivity contribution in [3.05, 3.63) is 112 Å². The molecule has 4 aromatic rings. The molecule has 0 spiro atoms. The van der Waals surface area contributed by atoms with Gasteiger partial charge in [-0.05, 0) is 67.1 Å². The van der Waals surface area contributed by atoms with Gasteiger partial charge in [-0.2, -0.15) is 5.26 Å². The molecule has 0 fully saturated rings. The average Bonchev–Trinajstić information content (AvgIpc) is 3.30. The maximum Gasteiger partial charge on any atom is 0.259 e. The minimum absolute atomic E-state index is 0.110. The Labute approximate surface area is 214 Å². The molecule has 3 aromatic carbocycles. The molecule has 5 nitrogen and oxygen atoms in total. The zero-order valence-corrected chi connectivity index (χ0v) is 20.6. The van der Waals surface area contributed by atoms with Crippen molar-refractivity contribution >= 4 is 34.1 Å². The Kier molecular flexibility index (Phi) is 7.20. The SMILES string of the molecule is N#Cc1ccccc1COc1cccc(C=Nc2sc3c(c2C(=O)Nc2ccccc2)CCCC3)c1. The monoisotopic (exact) mass is 491 g/mol. The van der Waals surface area contributed by atoms with Crippen molar-refractivity contribution in [2.45, 2.75) is 32.3 Å². The summed E-state index contributed by atoms with van der Waals surface area (Å²) in [6.45, 7) is 0.311. The first kappa shape index (κ1) is 23.5. The second kappa shape index (κ2) is 11.0. The summed E-state index contributed by atoms with van der Waals surface area (Å²) in [5.41, 5.74) is 4.93. The Morgan fingerprint density at radius 2 is 1.83 bits per heavy atom. The third-order valence-electron chi connectivity index (χ3n) is 6.13. The Bertz CT molecular complexity index is 1450. The molecule has 0 unspecified atom stereocenters. The van der Waals surface area contributed by atoms with E-state index in [1.807, 2.05) is 72.8 Å². The van der Waals surface area contributed by atoms with Gasteiger partial charge in [0.2, 0.25) is 0 Å². The van der Waals surface area contributed by atoms with Crippen LogP contribution in [-0.4, -0.2) is 12.1 Å². The largest absolute Gasteiger partial charge is 0.489 e. The first-order valence-corrected chi connectivity index (χ1v) is 12.8. The van der Waals surface area contributed by atoms with Crippen LogP contribution in [0, 0.1) is 11.3 Å². The molecular formula is C30H25N3O2S. The van der Waals surface area contributed by atoms with Gasteiger partial charge in [-0.1, -0.05) is 48.5 Å². The minimum Gasteiger partial charge on any atom is -0.489 e. The van der Waals surface area contributed by atoms with Crippen LogP contribution in [0.5, 0.6) is 5.75 Å². The lowest BCUT2D eigenvalue weighted by Crippen LogP contribution is -2.14. The van der Waals surface area contributed by atoms with Gasteiger partial charge in [0.15, 0.2) is 0 Å². The van der Waals surface area contributed by atoms with Gasteiger partial charge in [-0.15, -0.1) is 11.3 Å². The van der Waals surface area contributed by atoms with Crippen LogP contribution in [0.3, 0.4) is 0 Å². The van der Waals surface area contributed by atoms with E-state index in [1.165, 1.54) is 4.88 Å². The van der Waals surface area contributed by atoms with Gasteiger partial charge < -0.3 is 10.1 Å². The van der Waals surface area contributed by atoms with Crippen molar-refractivity contribution in [3.63, 3.8) is 0 Å². The van der Waals surface area contributed by atoms with E-state index in [1.54, 1.807) is 23.6 Å². The number of aliphatic imine (C=N–C) groups is 1. The van der Waals surface area contributed by atoms with Gasteiger partial charge in [0.1, 0.15) is 17.4 Å². The number of nitrogens with zero attached hydrogens (tertiary/aromatic N) is 2. The van der Waals surface area contributed by atoms with E-state index in [9.17, 15) is 10.1 Å². The van der Waals surface area contributed by atoms with E-state index in [2.05, 4.69) is 11.4 Å². The third kappa shape index (κ3) is 5.37. The summed E-state index contributed by atoms with van der Waals surface area (Å²) in [5.74, 6) is 0.584. The molecule has 1 amide bonds. The summed E-state index contributed by atoms with van der Waals surface area (Å²) in [7, 11) is 0. The molecule has 0 radical (unpaired) electrons. The molecule has 0 atom stereocenters. The number of aryl methyl sites for hydroxylation is 1. The standard InChI is InChI=1S/C30H25N3O2S/c31-18-22-10-4-5-11-23(22)20-35-25-14-8-9-21(17-25)19-32-30-28(26-15-6-7-16-27(26)36-30)29(34)33-24-12-2-1-3-13-24/h1-5,8-14,17,19H,6-7,15-16,20H2,(H,33,34). The van der Waals surface area contributed by atoms with E-state index in [-0.39, 0.29) is 5.91 Å². The fraction of sp³-hybridized carbons (Fsp3) is 0.167. The molecule has 0 saturated heterocycles. The molecule has 0 aliphatic heterocycles. The smallest absolute Gasteiger partial charge is 0.259 e. The van der Waals surface area contributed by atoms with Crippen LogP contribution in [0.15, 0.2) is 83.9 Å². The fourth-order valence-electron chi connectivity index (χ4n) is 4.33. The van der Waals surface area contributed by atoms with Crippen LogP contribution < -0.4 is 10.1 Å². The number of ether oxygens (including phenoxy) is 1. The van der Waals surface area contributed by atoms with Gasteiger partial charge in [-0.25, -0.2) is 4.99 Å². The molecule has 178 valence electrons. The summed E-state index contributed by atoms with van der Waals surface area (Å²) in [5, 5.41) is 13.1. The third-order valence-corrected chi connectivity index (χ3v) is 7.33. The highest BCUT2D eigenvalue weighted by molar-refractivity contribution is 7.16. The molecular weight excluding hydrogens is 466 g/mol. The fourth-order valence-corrected chi connectivity index (χ4v) is 5.56. The Hall–Kier alpha value is -4.21. The first-order valence-electron chi connectivity index (χ1n) is 12.0. The molecule has 1 N–H and O–H groups in total. The Balaban J connectivity index is 1.37. The van der Waals surface area contributed by atoms with Gasteiger partial charge in [-0.3, -0.25) is 4.79 Å². The number of hydrogen-bond acceptors (Lipinski definition) is 5. The van der Waals surface area contributed by atoms with Crippen molar-refractivity contribution in [1.29, 1.82) is 5.26 Å². The highest BCUT2D eigenvalue weighted by Crippen LogP contribution is 2.40. The van der Waals surface area contributed by atoms with Crippen molar-refractivity contribution in [3.8, 4) is 11.8 Å². The number of nitriles is 1. The number of rotatable bonds is 7. The summed E-state index contributed by atoms with van der Waals surface area (Å²) >= 11 is 1.62. The lowest BCUT2D eigenvalue weighted by Gasteiger charge is -2.12. The van der Waals surface area contributed by atoms with E-state index < -0.39 is 0 Å². The predicted octanol–water partition coefficient (Wildman–Crippen LogP) is 7.08. The molecule has 36 heavy (non-hydrogen) atoms. The number of thiophene rings is 1. The zero-order valence-electron chi connectivity index (χ0n) is 19.7. The van der Waals surface area contributed by atoms with Crippen LogP contribution in [0.2, 0.25) is 0 Å². The average molecular weight is 492 g/mol. The number of para-hydroxylation sites is 1. The minimum atomic E-state index is -0.110. The van der Waals surface area contributed by atoms with Crippen molar-refractivity contribution in [2.24, 2.45) is 4.99 Å². The van der Waals surface area contributed by atoms with Crippen LogP contribution in [0.1, 0.15) is 50.3 Å². The summed E-state index contributed by atoms with van der Waals surface area (Å²) in [6.07, 6.45) is 5.92. The number of benzene rings is 3. The second-order valence-electron chi connectivity index (χ2n) is 8.60. The first-order chi connectivity index (χ1) is 17.7. The number of hydrogen-bond donors (Lipinski definition) is 1. The molecule has 1 aromatic heterocycles. The van der Waals surface area contributed by atoms with Gasteiger partial charge in [0.25, 0.3) is 5.91 Å². The predicted molar refractivity (Wildman–Crippen MR) is 145 cm³/mol. The number of anilines is 1. The molecule has 0 bridgehead atoms. The molecule has 1 aliphatic rings. The van der Waals surface area contributed by atoms with E-state index >= 15 is 0 Å². The number of carbonyl (C=O) groups excluding carboxylic acids is 1. The zero-order chi connectivity index (χ0) is 24.7. The summed E-state index contributed by atoms with van der Waals surface area (Å²) in [6, 6.07) is 26.8. The molecule has 1 heterocycles. The van der Waals surface area contributed by atoms with Crippen molar-refractivity contribution < 1.29 is 9.53 Å². The Morgan fingerprint density at radius 1 is 1.03 bits per heavy atom. The quantitative estimate of drug-likeness (QED) is 0.281. The normalized spacial score (nSPS) is 12.6. The summed E-state index contributed by atoms with van der Waals surface area (Å²) < 4.78 is 5.95. The van der Waals surface area contributed by atoms with Crippen molar-refractivity contribution in [2.75, 3.05) is 5.32 Å². The number of carbonyl (C=O) groups is 1. The second-order valence-corrected chi connectivity index (χ2v) is 9.68. The van der Waals surface area contributed by atoms with Gasteiger partial charge >= 0.3 is 0 Å². The van der Waals surface area contributed by atoms with Gasteiger partial charge in [0, 0.05) is 22.3 Å². The Morgan fingerprint density at radius 3 is 2.69 bits per heavy atom. The molecule has 5 rings (SSSR count). The van der Waals surface area contributed by atoms with Crippen LogP contribution in [0.4, 0.5) is 10.7 Å². The van der Waals surface area contributed by atoms with E-state index in [0.717, 1.165) is 53.1 Å². The summed E-state index contributed by atoms with van der Waals surface area (Å²) in [4.78, 5) is 19.3. The molecule has 1 aliphatic carbocycles. The molecule has 0 saturated carbocycles.